The van der Waals surface area contributed by atoms with Gasteiger partial charge in [0, 0.05) is 0 Å². The van der Waals surface area contributed by atoms with E-state index in [1.807, 2.05) is 22.6 Å². The van der Waals surface area contributed by atoms with Gasteiger partial charge in [-0.2, -0.15) is 0 Å². The highest BCUT2D eigenvalue weighted by molar-refractivity contribution is 14.1. The number of hydrogen-bond acceptors (Lipinski definition) is 4. The van der Waals surface area contributed by atoms with Crippen LogP contribution in [-0.4, -0.2) is 36.6 Å². The summed E-state index contributed by atoms with van der Waals surface area (Å²) in [4.78, 5) is 10.9. The fraction of sp³-hybridized carbons (Fsp3) is 0.462. The zero-order chi connectivity index (χ0) is 15.6. The summed E-state index contributed by atoms with van der Waals surface area (Å²) in [7, 11) is -3.25. The smallest absolute Gasteiger partial charge is 0.335 e. The van der Waals surface area contributed by atoms with E-state index in [-0.39, 0.29) is 17.9 Å². The average molecular weight is 412 g/mol. The van der Waals surface area contributed by atoms with Crippen LogP contribution in [0.25, 0.3) is 0 Å². The summed E-state index contributed by atoms with van der Waals surface area (Å²) in [5.41, 5.74) is 0.110. The van der Waals surface area contributed by atoms with Crippen LogP contribution in [0.3, 0.4) is 0 Å². The minimum absolute atomic E-state index is 0.00131. The van der Waals surface area contributed by atoms with Crippen LogP contribution in [0.1, 0.15) is 31.1 Å². The Labute approximate surface area is 132 Å². The molecule has 1 rings (SSSR count). The Bertz CT molecular complexity index is 602. The van der Waals surface area contributed by atoms with E-state index < -0.39 is 20.6 Å². The minimum Gasteiger partial charge on any atom is -0.491 e. The molecule has 0 spiro atoms. The number of hydrogen-bond donors (Lipinski definition) is 1. The molecule has 1 N–H and O–H groups in total. The molecule has 0 heterocycles. The molecule has 0 saturated carbocycles. The molecule has 5 nitrogen and oxygen atoms in total. The van der Waals surface area contributed by atoms with Gasteiger partial charge < -0.3 is 9.84 Å². The lowest BCUT2D eigenvalue weighted by atomic mass is 10.2. The number of carboxylic acid groups (broad SMARTS) is 1. The molecule has 0 aliphatic carbocycles. The van der Waals surface area contributed by atoms with Gasteiger partial charge >= 0.3 is 5.97 Å². The van der Waals surface area contributed by atoms with E-state index >= 15 is 0 Å². The van der Waals surface area contributed by atoms with Crippen LogP contribution in [0.5, 0.6) is 5.75 Å². The molecule has 7 heteroatoms. The summed E-state index contributed by atoms with van der Waals surface area (Å²) < 4.78 is 29.2. The zero-order valence-electron chi connectivity index (χ0n) is 11.5. The van der Waals surface area contributed by atoms with Crippen molar-refractivity contribution in [2.45, 2.75) is 25.5 Å². The lowest BCUT2D eigenvalue weighted by Gasteiger charge is -2.19. The number of carbonyl (C=O) groups is 1. The number of benzene rings is 1. The fourth-order valence-electron chi connectivity index (χ4n) is 1.31. The van der Waals surface area contributed by atoms with Crippen molar-refractivity contribution < 1.29 is 23.1 Å². The van der Waals surface area contributed by atoms with E-state index in [0.717, 1.165) is 3.57 Å². The van der Waals surface area contributed by atoms with Crippen molar-refractivity contribution in [2.24, 2.45) is 0 Å². The van der Waals surface area contributed by atoms with Gasteiger partial charge in [0.15, 0.2) is 9.84 Å². The van der Waals surface area contributed by atoms with Gasteiger partial charge in [-0.05, 0) is 61.6 Å². The zero-order valence-corrected chi connectivity index (χ0v) is 14.5. The number of rotatable bonds is 5. The Hall–Kier alpha value is -0.830. The van der Waals surface area contributed by atoms with Crippen LogP contribution in [-0.2, 0) is 9.84 Å². The summed E-state index contributed by atoms with van der Waals surface area (Å²) in [6, 6.07) is 4.49. The maximum absolute atomic E-state index is 11.9. The molecule has 0 amide bonds. The highest BCUT2D eigenvalue weighted by atomic mass is 127. The standard InChI is InChI=1S/C13H17IO5S/c1-13(2,3)20(17,18)7-6-19-11-8-9(12(15)16)4-5-10(11)14/h4-5,8H,6-7H2,1-3H3,(H,15,16). The second kappa shape index (κ2) is 6.30. The van der Waals surface area contributed by atoms with Gasteiger partial charge in [0.05, 0.1) is 19.6 Å². The average Bonchev–Trinajstić information content (AvgIpc) is 2.29. The summed E-state index contributed by atoms with van der Waals surface area (Å²) >= 11 is 2.01. The molecule has 0 saturated heterocycles. The van der Waals surface area contributed by atoms with Crippen LogP contribution in [0.2, 0.25) is 0 Å². The molecular weight excluding hydrogens is 395 g/mol. The molecule has 0 unspecified atom stereocenters. The van der Waals surface area contributed by atoms with Gasteiger partial charge in [-0.25, -0.2) is 13.2 Å². The summed E-state index contributed by atoms with van der Waals surface area (Å²) in [5.74, 6) is -0.771. The van der Waals surface area contributed by atoms with Crippen LogP contribution in [0.15, 0.2) is 18.2 Å². The molecule has 0 bridgehead atoms. The monoisotopic (exact) mass is 412 g/mol. The second-order valence-electron chi connectivity index (χ2n) is 5.23. The van der Waals surface area contributed by atoms with Crippen molar-refractivity contribution in [3.8, 4) is 5.75 Å². The number of sulfone groups is 1. The van der Waals surface area contributed by atoms with E-state index in [1.54, 1.807) is 26.8 Å². The van der Waals surface area contributed by atoms with Crippen molar-refractivity contribution in [1.82, 2.24) is 0 Å². The third kappa shape index (κ3) is 4.34. The first-order valence-electron chi connectivity index (χ1n) is 5.92. The predicted molar refractivity (Wildman–Crippen MR) is 85.2 cm³/mol. The summed E-state index contributed by atoms with van der Waals surface area (Å²) in [6.45, 7) is 4.91. The fourth-order valence-corrected chi connectivity index (χ4v) is 2.72. The molecule has 0 aromatic heterocycles. The largest absolute Gasteiger partial charge is 0.491 e. The highest BCUT2D eigenvalue weighted by Crippen LogP contribution is 2.23. The normalized spacial score (nSPS) is 12.2. The minimum atomic E-state index is -3.25. The second-order valence-corrected chi connectivity index (χ2v) is 9.25. The van der Waals surface area contributed by atoms with Gasteiger partial charge in [0.1, 0.15) is 12.4 Å². The van der Waals surface area contributed by atoms with E-state index in [9.17, 15) is 13.2 Å². The van der Waals surface area contributed by atoms with Crippen molar-refractivity contribution in [2.75, 3.05) is 12.4 Å². The lowest BCUT2D eigenvalue weighted by molar-refractivity contribution is 0.0696. The molecule has 112 valence electrons. The molecule has 0 fully saturated rings. The van der Waals surface area contributed by atoms with E-state index in [0.29, 0.717) is 5.75 Å². The first-order chi connectivity index (χ1) is 9.04. The first-order valence-corrected chi connectivity index (χ1v) is 8.65. The molecule has 0 aliphatic heterocycles. The molecule has 0 atom stereocenters. The quantitative estimate of drug-likeness (QED) is 0.753. The third-order valence-electron chi connectivity index (χ3n) is 2.72. The van der Waals surface area contributed by atoms with Crippen molar-refractivity contribution in [1.29, 1.82) is 0 Å². The SMILES string of the molecule is CC(C)(C)S(=O)(=O)CCOc1cc(C(=O)O)ccc1I. The third-order valence-corrected chi connectivity index (χ3v) is 6.18. The highest BCUT2D eigenvalue weighted by Gasteiger charge is 2.28. The molecule has 1 aromatic carbocycles. The molecule has 0 radical (unpaired) electrons. The van der Waals surface area contributed by atoms with Crippen molar-refractivity contribution in [3.05, 3.63) is 27.3 Å². The predicted octanol–water partition coefficient (Wildman–Crippen LogP) is 2.58. The van der Waals surface area contributed by atoms with Crippen molar-refractivity contribution >= 4 is 38.4 Å². The van der Waals surface area contributed by atoms with E-state index in [1.165, 1.54) is 12.1 Å². The van der Waals surface area contributed by atoms with Crippen molar-refractivity contribution in [3.63, 3.8) is 0 Å². The van der Waals surface area contributed by atoms with E-state index in [4.69, 9.17) is 9.84 Å². The molecule has 1 aromatic rings. The molecular formula is C13H17IO5S. The Morgan fingerprint density at radius 2 is 1.95 bits per heavy atom. The van der Waals surface area contributed by atoms with Gasteiger partial charge in [-0.1, -0.05) is 0 Å². The Balaban J connectivity index is 2.77. The Morgan fingerprint density at radius 1 is 1.35 bits per heavy atom. The van der Waals surface area contributed by atoms with E-state index in [2.05, 4.69) is 0 Å². The molecule has 20 heavy (non-hydrogen) atoms. The maximum Gasteiger partial charge on any atom is 0.335 e. The first kappa shape index (κ1) is 17.2. The number of aromatic carboxylic acids is 1. The summed E-state index contributed by atoms with van der Waals surface area (Å²) in [5, 5.41) is 8.91. The van der Waals surface area contributed by atoms with Crippen LogP contribution in [0.4, 0.5) is 0 Å². The Kier molecular flexibility index (Phi) is 5.42. The number of halogens is 1. The van der Waals surface area contributed by atoms with Gasteiger partial charge in [-0.3, -0.25) is 0 Å². The molecule has 0 aliphatic rings. The van der Waals surface area contributed by atoms with Crippen LogP contribution in [0, 0.1) is 3.57 Å². The summed E-state index contributed by atoms with van der Waals surface area (Å²) in [6.07, 6.45) is 0. The van der Waals surface area contributed by atoms with Crippen LogP contribution >= 0.6 is 22.6 Å². The van der Waals surface area contributed by atoms with Crippen LogP contribution < -0.4 is 4.74 Å². The lowest BCUT2D eigenvalue weighted by Crippen LogP contribution is -2.32. The topological polar surface area (TPSA) is 80.7 Å². The van der Waals surface area contributed by atoms with Gasteiger partial charge in [0.2, 0.25) is 0 Å². The van der Waals surface area contributed by atoms with Gasteiger partial charge in [-0.15, -0.1) is 0 Å². The Morgan fingerprint density at radius 3 is 2.45 bits per heavy atom. The maximum atomic E-state index is 11.9. The number of carboxylic acids is 1. The van der Waals surface area contributed by atoms with Gasteiger partial charge in [0.25, 0.3) is 0 Å². The number of ether oxygens (including phenoxy) is 1.